The van der Waals surface area contributed by atoms with E-state index in [0.717, 1.165) is 11.3 Å². The van der Waals surface area contributed by atoms with Crippen molar-refractivity contribution in [2.24, 2.45) is 0 Å². The molecule has 0 saturated carbocycles. The van der Waals surface area contributed by atoms with Gasteiger partial charge in [0.1, 0.15) is 11.1 Å². The van der Waals surface area contributed by atoms with Gasteiger partial charge in [-0.25, -0.2) is 0 Å². The molecular formula is C14H13N3O3S. The first kappa shape index (κ1) is 14.8. The Morgan fingerprint density at radius 1 is 1.43 bits per heavy atom. The van der Waals surface area contributed by atoms with E-state index >= 15 is 0 Å². The quantitative estimate of drug-likeness (QED) is 0.943. The molecule has 2 rings (SSSR count). The Bertz CT molecular complexity index is 723. The van der Waals surface area contributed by atoms with Crippen molar-refractivity contribution in [3.63, 3.8) is 0 Å². The van der Waals surface area contributed by atoms with Gasteiger partial charge in [-0.2, -0.15) is 5.26 Å². The summed E-state index contributed by atoms with van der Waals surface area (Å²) in [4.78, 5) is 25.9. The van der Waals surface area contributed by atoms with Gasteiger partial charge in [0, 0.05) is 14.1 Å². The number of nitrogens with zero attached hydrogens (tertiary/aromatic N) is 2. The second kappa shape index (κ2) is 5.81. The molecule has 0 saturated heterocycles. The molecule has 2 heterocycles. The van der Waals surface area contributed by atoms with Gasteiger partial charge in [-0.15, -0.1) is 11.3 Å². The number of carbonyl (C=O) groups excluding carboxylic acids is 2. The normalized spacial score (nSPS) is 10.0. The number of nitrogens with one attached hydrogen (secondary N) is 1. The Morgan fingerprint density at radius 3 is 2.67 bits per heavy atom. The van der Waals surface area contributed by atoms with Crippen molar-refractivity contribution in [2.75, 3.05) is 19.4 Å². The third-order valence-electron chi connectivity index (χ3n) is 2.83. The molecule has 2 aromatic rings. The van der Waals surface area contributed by atoms with E-state index in [1.165, 1.54) is 17.2 Å². The van der Waals surface area contributed by atoms with Crippen molar-refractivity contribution in [3.05, 3.63) is 40.2 Å². The maximum atomic E-state index is 12.1. The predicted molar refractivity (Wildman–Crippen MR) is 78.4 cm³/mol. The molecule has 0 atom stereocenters. The average molecular weight is 303 g/mol. The van der Waals surface area contributed by atoms with Crippen LogP contribution in [0.25, 0.3) is 0 Å². The lowest BCUT2D eigenvalue weighted by molar-refractivity contribution is 0.0831. The Kier molecular flexibility index (Phi) is 4.10. The molecular weight excluding hydrogens is 290 g/mol. The fraction of sp³-hybridized carbons (Fsp3) is 0.214. The molecule has 0 radical (unpaired) electrons. The van der Waals surface area contributed by atoms with Crippen molar-refractivity contribution in [2.45, 2.75) is 6.92 Å². The van der Waals surface area contributed by atoms with Crippen molar-refractivity contribution in [3.8, 4) is 6.07 Å². The Hall–Kier alpha value is -2.59. The lowest BCUT2D eigenvalue weighted by Gasteiger charge is -2.08. The molecule has 2 amide bonds. The highest BCUT2D eigenvalue weighted by Gasteiger charge is 2.23. The molecule has 0 bridgehead atoms. The summed E-state index contributed by atoms with van der Waals surface area (Å²) < 4.78 is 5.00. The van der Waals surface area contributed by atoms with Crippen LogP contribution in [0.1, 0.15) is 31.4 Å². The molecule has 7 heteroatoms. The van der Waals surface area contributed by atoms with Crippen LogP contribution in [0.2, 0.25) is 0 Å². The molecule has 0 spiro atoms. The SMILES string of the molecule is Cc1c(C(=O)N(C)C)sc(NC(=O)c2ccco2)c1C#N. The molecule has 108 valence electrons. The molecule has 0 aliphatic rings. The van der Waals surface area contributed by atoms with Gasteiger partial charge in [0.25, 0.3) is 11.8 Å². The molecule has 1 N–H and O–H groups in total. The molecule has 0 unspecified atom stereocenters. The first-order valence-electron chi connectivity index (χ1n) is 6.05. The van der Waals surface area contributed by atoms with Gasteiger partial charge >= 0.3 is 0 Å². The van der Waals surface area contributed by atoms with Crippen LogP contribution in [0.4, 0.5) is 5.00 Å². The first-order valence-corrected chi connectivity index (χ1v) is 6.87. The van der Waals surface area contributed by atoms with E-state index in [2.05, 4.69) is 5.32 Å². The summed E-state index contributed by atoms with van der Waals surface area (Å²) in [7, 11) is 3.27. The van der Waals surface area contributed by atoms with E-state index in [9.17, 15) is 14.9 Å². The monoisotopic (exact) mass is 303 g/mol. The van der Waals surface area contributed by atoms with Crippen LogP contribution >= 0.6 is 11.3 Å². The molecule has 6 nitrogen and oxygen atoms in total. The summed E-state index contributed by atoms with van der Waals surface area (Å²) in [5, 5.41) is 12.2. The highest BCUT2D eigenvalue weighted by atomic mass is 32.1. The molecule has 0 fully saturated rings. The van der Waals surface area contributed by atoms with Crippen LogP contribution in [-0.2, 0) is 0 Å². The van der Waals surface area contributed by atoms with E-state index in [1.807, 2.05) is 6.07 Å². The number of carbonyl (C=O) groups is 2. The summed E-state index contributed by atoms with van der Waals surface area (Å²) in [6, 6.07) is 5.14. The Labute approximate surface area is 125 Å². The third kappa shape index (κ3) is 2.80. The van der Waals surface area contributed by atoms with E-state index < -0.39 is 5.91 Å². The largest absolute Gasteiger partial charge is 0.459 e. The maximum Gasteiger partial charge on any atom is 0.291 e. The first-order chi connectivity index (χ1) is 9.95. The van der Waals surface area contributed by atoms with Crippen molar-refractivity contribution >= 4 is 28.2 Å². The van der Waals surface area contributed by atoms with E-state index in [4.69, 9.17) is 4.42 Å². The van der Waals surface area contributed by atoms with Gasteiger partial charge in [-0.1, -0.05) is 0 Å². The minimum absolute atomic E-state index is 0.144. The highest BCUT2D eigenvalue weighted by molar-refractivity contribution is 7.18. The number of hydrogen-bond acceptors (Lipinski definition) is 5. The smallest absolute Gasteiger partial charge is 0.291 e. The summed E-state index contributed by atoms with van der Waals surface area (Å²) in [6.45, 7) is 1.69. The van der Waals surface area contributed by atoms with Gasteiger partial charge in [0.15, 0.2) is 5.76 Å². The number of hydrogen-bond donors (Lipinski definition) is 1. The van der Waals surface area contributed by atoms with Crippen molar-refractivity contribution in [1.29, 1.82) is 5.26 Å². The molecule has 0 aliphatic carbocycles. The summed E-state index contributed by atoms with van der Waals surface area (Å²) in [5.41, 5.74) is 0.862. The minimum atomic E-state index is -0.457. The second-order valence-corrected chi connectivity index (χ2v) is 5.52. The minimum Gasteiger partial charge on any atom is -0.459 e. The van der Waals surface area contributed by atoms with E-state index in [1.54, 1.807) is 27.1 Å². The molecule has 0 aromatic carbocycles. The zero-order valence-corrected chi connectivity index (χ0v) is 12.6. The average Bonchev–Trinajstić information content (AvgIpc) is 3.06. The van der Waals surface area contributed by atoms with Gasteiger partial charge in [0.2, 0.25) is 0 Å². The predicted octanol–water partition coefficient (Wildman–Crippen LogP) is 2.48. The lowest BCUT2D eigenvalue weighted by atomic mass is 10.1. The Balaban J connectivity index is 2.36. The van der Waals surface area contributed by atoms with Gasteiger partial charge < -0.3 is 14.6 Å². The summed E-state index contributed by atoms with van der Waals surface area (Å²) in [5.74, 6) is -0.514. The number of amides is 2. The van der Waals surface area contributed by atoms with E-state index in [-0.39, 0.29) is 11.7 Å². The topological polar surface area (TPSA) is 86.3 Å². The fourth-order valence-corrected chi connectivity index (χ4v) is 2.89. The van der Waals surface area contributed by atoms with Crippen LogP contribution < -0.4 is 5.32 Å². The molecule has 21 heavy (non-hydrogen) atoms. The fourth-order valence-electron chi connectivity index (χ4n) is 1.72. The summed E-state index contributed by atoms with van der Waals surface area (Å²) in [6.07, 6.45) is 1.39. The number of furan rings is 1. The molecule has 2 aromatic heterocycles. The number of anilines is 1. The maximum absolute atomic E-state index is 12.1. The van der Waals surface area contributed by atoms with Gasteiger partial charge in [-0.3, -0.25) is 9.59 Å². The summed E-state index contributed by atoms with van der Waals surface area (Å²) >= 11 is 1.09. The Morgan fingerprint density at radius 2 is 2.14 bits per heavy atom. The number of rotatable bonds is 3. The number of thiophene rings is 1. The van der Waals surface area contributed by atoms with Gasteiger partial charge in [0.05, 0.1) is 16.7 Å². The van der Waals surface area contributed by atoms with Crippen molar-refractivity contribution in [1.82, 2.24) is 4.90 Å². The van der Waals surface area contributed by atoms with Crippen LogP contribution in [-0.4, -0.2) is 30.8 Å². The second-order valence-electron chi connectivity index (χ2n) is 4.50. The van der Waals surface area contributed by atoms with Crippen LogP contribution in [0.3, 0.4) is 0 Å². The number of nitriles is 1. The third-order valence-corrected chi connectivity index (χ3v) is 4.03. The zero-order chi connectivity index (χ0) is 15.6. The van der Waals surface area contributed by atoms with Gasteiger partial charge in [-0.05, 0) is 24.6 Å². The van der Waals surface area contributed by atoms with Crippen LogP contribution in [0.15, 0.2) is 22.8 Å². The van der Waals surface area contributed by atoms with E-state index in [0.29, 0.717) is 21.0 Å². The van der Waals surface area contributed by atoms with Crippen molar-refractivity contribution < 1.29 is 14.0 Å². The van der Waals surface area contributed by atoms with Crippen LogP contribution in [0.5, 0.6) is 0 Å². The lowest BCUT2D eigenvalue weighted by Crippen LogP contribution is -2.21. The zero-order valence-electron chi connectivity index (χ0n) is 11.8. The van der Waals surface area contributed by atoms with Crippen LogP contribution in [0, 0.1) is 18.3 Å². The highest BCUT2D eigenvalue weighted by Crippen LogP contribution is 2.33. The standard InChI is InChI=1S/C14H13N3O3S/c1-8-9(7-15)13(21-11(8)14(19)17(2)3)16-12(18)10-5-4-6-20-10/h4-6H,1-3H3,(H,16,18). The molecule has 0 aliphatic heterocycles.